The zero-order valence-corrected chi connectivity index (χ0v) is 9.37. The highest BCUT2D eigenvalue weighted by molar-refractivity contribution is 7.14. The molecular formula is C9H10N4O2S. The number of H-pyrrole nitrogens is 1. The van der Waals surface area contributed by atoms with E-state index in [1.807, 2.05) is 0 Å². The van der Waals surface area contributed by atoms with E-state index in [0.29, 0.717) is 17.4 Å². The first-order valence-electron chi connectivity index (χ1n) is 4.68. The maximum absolute atomic E-state index is 11.3. The topological polar surface area (TPSA) is 79.9 Å². The van der Waals surface area contributed by atoms with Gasteiger partial charge in [0.2, 0.25) is 0 Å². The van der Waals surface area contributed by atoms with Crippen LogP contribution < -0.4 is 5.32 Å². The van der Waals surface area contributed by atoms with Gasteiger partial charge in [-0.1, -0.05) is 0 Å². The van der Waals surface area contributed by atoms with Crippen molar-refractivity contribution in [3.63, 3.8) is 0 Å². The van der Waals surface area contributed by atoms with Crippen molar-refractivity contribution in [3.8, 4) is 0 Å². The summed E-state index contributed by atoms with van der Waals surface area (Å²) in [5, 5.41) is 11.7. The molecular weight excluding hydrogens is 228 g/mol. The number of aromatic nitrogens is 3. The lowest BCUT2D eigenvalue weighted by molar-refractivity contribution is 0.0520. The van der Waals surface area contributed by atoms with Crippen molar-refractivity contribution in [2.75, 3.05) is 11.9 Å². The number of nitrogens with one attached hydrogen (secondary N) is 2. The molecule has 0 amide bonds. The number of esters is 1. The molecule has 0 aromatic carbocycles. The number of carbonyl (C=O) groups is 1. The third kappa shape index (κ3) is 2.37. The van der Waals surface area contributed by atoms with Crippen molar-refractivity contribution < 1.29 is 9.53 Å². The van der Waals surface area contributed by atoms with E-state index in [0.717, 1.165) is 5.69 Å². The van der Waals surface area contributed by atoms with E-state index in [2.05, 4.69) is 20.5 Å². The lowest BCUT2D eigenvalue weighted by Crippen LogP contribution is -2.04. The molecule has 2 heterocycles. The Morgan fingerprint density at radius 2 is 2.56 bits per heavy atom. The van der Waals surface area contributed by atoms with Gasteiger partial charge in [0, 0.05) is 11.6 Å². The summed E-state index contributed by atoms with van der Waals surface area (Å²) in [4.78, 5) is 15.4. The molecule has 2 aromatic rings. The van der Waals surface area contributed by atoms with Gasteiger partial charge in [-0.05, 0) is 6.92 Å². The number of nitrogens with zero attached hydrogens (tertiary/aromatic N) is 2. The maximum atomic E-state index is 11.3. The lowest BCUT2D eigenvalue weighted by atomic mass is 10.5. The summed E-state index contributed by atoms with van der Waals surface area (Å²) in [5.74, 6) is -0.404. The first kappa shape index (κ1) is 10.6. The Morgan fingerprint density at radius 1 is 1.69 bits per heavy atom. The van der Waals surface area contributed by atoms with Crippen LogP contribution in [-0.2, 0) is 4.74 Å². The molecule has 0 saturated carbocycles. The van der Waals surface area contributed by atoms with Crippen LogP contribution in [0.2, 0.25) is 0 Å². The molecule has 6 nitrogen and oxygen atoms in total. The summed E-state index contributed by atoms with van der Waals surface area (Å²) in [6, 6.07) is 0. The molecule has 0 fully saturated rings. The first-order chi connectivity index (χ1) is 7.79. The minimum absolute atomic E-state index is 0.317. The molecule has 2 N–H and O–H groups in total. The first-order valence-corrected chi connectivity index (χ1v) is 5.56. The van der Waals surface area contributed by atoms with Crippen molar-refractivity contribution in [2.45, 2.75) is 6.92 Å². The molecule has 0 spiro atoms. The van der Waals surface area contributed by atoms with Gasteiger partial charge in [-0.2, -0.15) is 5.10 Å². The summed E-state index contributed by atoms with van der Waals surface area (Å²) in [6.45, 7) is 2.11. The molecule has 0 aliphatic rings. The number of anilines is 2. The number of thiazole rings is 1. The number of aromatic amines is 1. The Balaban J connectivity index is 2.05. The van der Waals surface area contributed by atoms with Gasteiger partial charge in [0.25, 0.3) is 0 Å². The highest BCUT2D eigenvalue weighted by atomic mass is 32.1. The Bertz CT molecular complexity index is 466. The van der Waals surface area contributed by atoms with Crippen molar-refractivity contribution in [2.24, 2.45) is 0 Å². The minimum atomic E-state index is -0.404. The predicted molar refractivity (Wildman–Crippen MR) is 59.9 cm³/mol. The Morgan fingerprint density at radius 3 is 3.25 bits per heavy atom. The molecule has 0 saturated heterocycles. The third-order valence-corrected chi connectivity index (χ3v) is 2.50. The van der Waals surface area contributed by atoms with Crippen molar-refractivity contribution >= 4 is 28.1 Å². The SMILES string of the molecule is CCOC(=O)c1csc(Nc2cn[nH]c2)n1. The second kappa shape index (κ2) is 4.75. The Kier molecular flexibility index (Phi) is 3.16. The van der Waals surface area contributed by atoms with Crippen LogP contribution in [0.3, 0.4) is 0 Å². The van der Waals surface area contributed by atoms with Crippen LogP contribution in [0, 0.1) is 0 Å². The summed E-state index contributed by atoms with van der Waals surface area (Å²) in [7, 11) is 0. The molecule has 0 bridgehead atoms. The fourth-order valence-corrected chi connectivity index (χ4v) is 1.77. The zero-order valence-electron chi connectivity index (χ0n) is 8.56. The fourth-order valence-electron chi connectivity index (χ4n) is 1.07. The molecule has 16 heavy (non-hydrogen) atoms. The van der Waals surface area contributed by atoms with Crippen molar-refractivity contribution in [1.29, 1.82) is 0 Å². The van der Waals surface area contributed by atoms with Gasteiger partial charge >= 0.3 is 5.97 Å². The van der Waals surface area contributed by atoms with Crippen LogP contribution in [-0.4, -0.2) is 27.8 Å². The van der Waals surface area contributed by atoms with Crippen molar-refractivity contribution in [1.82, 2.24) is 15.2 Å². The monoisotopic (exact) mass is 238 g/mol. The number of ether oxygens (including phenoxy) is 1. The Hall–Kier alpha value is -1.89. The van der Waals surface area contributed by atoms with E-state index in [1.54, 1.807) is 24.7 Å². The molecule has 0 aliphatic carbocycles. The molecule has 0 atom stereocenters. The van der Waals surface area contributed by atoms with Crippen LogP contribution in [0.5, 0.6) is 0 Å². The van der Waals surface area contributed by atoms with Gasteiger partial charge in [0.1, 0.15) is 0 Å². The van der Waals surface area contributed by atoms with Gasteiger partial charge in [0.15, 0.2) is 10.8 Å². The number of hydrogen-bond acceptors (Lipinski definition) is 6. The third-order valence-electron chi connectivity index (χ3n) is 1.74. The summed E-state index contributed by atoms with van der Waals surface area (Å²) in [5.41, 5.74) is 1.11. The molecule has 84 valence electrons. The lowest BCUT2D eigenvalue weighted by Gasteiger charge is -1.97. The fraction of sp³-hybridized carbons (Fsp3) is 0.222. The maximum Gasteiger partial charge on any atom is 0.357 e. The summed E-state index contributed by atoms with van der Waals surface area (Å²) in [6.07, 6.45) is 3.33. The standard InChI is InChI=1S/C9H10N4O2S/c1-2-15-8(14)7-5-16-9(13-7)12-6-3-10-11-4-6/h3-5H,2H2,1H3,(H,10,11)(H,12,13). The van der Waals surface area contributed by atoms with E-state index in [9.17, 15) is 4.79 Å². The number of hydrogen-bond donors (Lipinski definition) is 2. The van der Waals surface area contributed by atoms with E-state index >= 15 is 0 Å². The van der Waals surface area contributed by atoms with Gasteiger partial charge in [0.05, 0.1) is 18.5 Å². The van der Waals surface area contributed by atoms with E-state index in [-0.39, 0.29) is 0 Å². The molecule has 0 unspecified atom stereocenters. The predicted octanol–water partition coefficient (Wildman–Crippen LogP) is 1.79. The summed E-state index contributed by atoms with van der Waals surface area (Å²) < 4.78 is 4.84. The van der Waals surface area contributed by atoms with Crippen LogP contribution >= 0.6 is 11.3 Å². The van der Waals surface area contributed by atoms with Gasteiger partial charge in [-0.3, -0.25) is 5.10 Å². The van der Waals surface area contributed by atoms with E-state index in [4.69, 9.17) is 4.74 Å². The molecule has 2 rings (SSSR count). The van der Waals surface area contributed by atoms with Crippen molar-refractivity contribution in [3.05, 3.63) is 23.5 Å². The quantitative estimate of drug-likeness (QED) is 0.794. The highest BCUT2D eigenvalue weighted by Gasteiger charge is 2.11. The number of rotatable bonds is 4. The van der Waals surface area contributed by atoms with E-state index in [1.165, 1.54) is 11.3 Å². The Labute approximate surface area is 95.7 Å². The average Bonchev–Trinajstić information content (AvgIpc) is 2.90. The van der Waals surface area contributed by atoms with Gasteiger partial charge in [-0.15, -0.1) is 11.3 Å². The van der Waals surface area contributed by atoms with Crippen LogP contribution in [0.4, 0.5) is 10.8 Å². The van der Waals surface area contributed by atoms with Gasteiger partial charge in [-0.25, -0.2) is 9.78 Å². The smallest absolute Gasteiger partial charge is 0.357 e. The van der Waals surface area contributed by atoms with Gasteiger partial charge < -0.3 is 10.1 Å². The second-order valence-corrected chi connectivity index (χ2v) is 3.73. The van der Waals surface area contributed by atoms with E-state index < -0.39 is 5.97 Å². The number of carbonyl (C=O) groups excluding carboxylic acids is 1. The van der Waals surface area contributed by atoms with Crippen LogP contribution in [0.15, 0.2) is 17.8 Å². The normalized spacial score (nSPS) is 10.1. The summed E-state index contributed by atoms with van der Waals surface area (Å²) >= 11 is 1.34. The molecule has 7 heteroatoms. The zero-order chi connectivity index (χ0) is 11.4. The molecule has 0 aliphatic heterocycles. The van der Waals surface area contributed by atoms with Crippen LogP contribution in [0.1, 0.15) is 17.4 Å². The second-order valence-electron chi connectivity index (χ2n) is 2.87. The molecule has 2 aromatic heterocycles. The average molecular weight is 238 g/mol. The largest absolute Gasteiger partial charge is 0.461 e. The highest BCUT2D eigenvalue weighted by Crippen LogP contribution is 2.20. The molecule has 0 radical (unpaired) electrons. The van der Waals surface area contributed by atoms with Crippen LogP contribution in [0.25, 0.3) is 0 Å². The minimum Gasteiger partial charge on any atom is -0.461 e.